The summed E-state index contributed by atoms with van der Waals surface area (Å²) in [4.78, 5) is 21.1. The third-order valence-electron chi connectivity index (χ3n) is 2.18. The van der Waals surface area contributed by atoms with Crippen LogP contribution in [0.1, 0.15) is 27.2 Å². The van der Waals surface area contributed by atoms with Crippen molar-refractivity contribution < 1.29 is 9.92 Å². The lowest BCUT2D eigenvalue weighted by atomic mass is 10.3. The molecule has 0 saturated carbocycles. The van der Waals surface area contributed by atoms with Gasteiger partial charge < -0.3 is 9.74 Å². The highest BCUT2D eigenvalue weighted by atomic mass is 32.1. The molecule has 0 N–H and O–H groups in total. The van der Waals surface area contributed by atoms with Gasteiger partial charge in [0.15, 0.2) is 0 Å². The number of aliphatic imine (C=N–C) groups is 1. The average molecular weight is 261 g/mol. The van der Waals surface area contributed by atoms with Crippen LogP contribution in [0.15, 0.2) is 15.6 Å². The Labute approximate surface area is 107 Å². The molecule has 0 unspecified atom stereocenters. The third-order valence-corrected chi connectivity index (χ3v) is 2.73. The van der Waals surface area contributed by atoms with Crippen molar-refractivity contribution in [3.8, 4) is 0 Å². The molecule has 0 fully saturated rings. The Bertz CT molecular complexity index is 301. The number of rotatable bonds is 8. The maximum absolute atomic E-state index is 9.95. The Hall–Kier alpha value is -1.24. The fourth-order valence-electron chi connectivity index (χ4n) is 1.03. The summed E-state index contributed by atoms with van der Waals surface area (Å²) < 4.78 is 0. The molecule has 17 heavy (non-hydrogen) atoms. The summed E-state index contributed by atoms with van der Waals surface area (Å²) >= 11 is 4.23. The molecule has 7 heteroatoms. The van der Waals surface area contributed by atoms with Gasteiger partial charge in [0.05, 0.1) is 6.34 Å². The summed E-state index contributed by atoms with van der Waals surface area (Å²) in [6.45, 7) is 7.68. The summed E-state index contributed by atoms with van der Waals surface area (Å²) in [6.07, 6.45) is 2.13. The van der Waals surface area contributed by atoms with E-state index in [-0.39, 0.29) is 6.61 Å². The fraction of sp³-hybridized carbons (Fsp3) is 0.700. The SMILES string of the molecule is CCN(C=N/C(C)=C(\S)CCO[N+](=O)[O-])CC. The molecular weight excluding hydrogens is 242 g/mol. The molecule has 0 aromatic rings. The summed E-state index contributed by atoms with van der Waals surface area (Å²) in [7, 11) is 0. The van der Waals surface area contributed by atoms with Gasteiger partial charge in [-0.3, -0.25) is 0 Å². The Morgan fingerprint density at radius 1 is 1.53 bits per heavy atom. The van der Waals surface area contributed by atoms with Crippen LogP contribution in [0.25, 0.3) is 0 Å². The van der Waals surface area contributed by atoms with Crippen LogP contribution in [0.4, 0.5) is 0 Å². The molecule has 0 aromatic heterocycles. The number of nitrogens with zero attached hydrogens (tertiary/aromatic N) is 3. The Morgan fingerprint density at radius 3 is 2.59 bits per heavy atom. The minimum Gasteiger partial charge on any atom is -0.363 e. The van der Waals surface area contributed by atoms with Crippen LogP contribution in [-0.4, -0.2) is 36.0 Å². The number of allylic oxidation sites excluding steroid dienone is 1. The van der Waals surface area contributed by atoms with Crippen LogP contribution in [0.2, 0.25) is 0 Å². The van der Waals surface area contributed by atoms with Crippen molar-refractivity contribution in [1.29, 1.82) is 0 Å². The smallest absolute Gasteiger partial charge is 0.294 e. The van der Waals surface area contributed by atoms with Gasteiger partial charge in [-0.25, -0.2) is 4.99 Å². The maximum Gasteiger partial charge on any atom is 0.294 e. The van der Waals surface area contributed by atoms with Crippen LogP contribution < -0.4 is 0 Å². The summed E-state index contributed by atoms with van der Waals surface area (Å²) in [6, 6.07) is 0. The van der Waals surface area contributed by atoms with Gasteiger partial charge in [-0.05, 0) is 20.8 Å². The molecule has 0 aromatic carbocycles. The van der Waals surface area contributed by atoms with Gasteiger partial charge in [-0.1, -0.05) is 0 Å². The predicted octanol–water partition coefficient (Wildman–Crippen LogP) is 2.12. The van der Waals surface area contributed by atoms with Gasteiger partial charge >= 0.3 is 0 Å². The van der Waals surface area contributed by atoms with Gasteiger partial charge in [0.25, 0.3) is 5.09 Å². The van der Waals surface area contributed by atoms with E-state index < -0.39 is 5.09 Å². The van der Waals surface area contributed by atoms with Crippen LogP contribution in [0.5, 0.6) is 0 Å². The monoisotopic (exact) mass is 261 g/mol. The normalized spacial score (nSPS) is 12.5. The molecule has 6 nitrogen and oxygen atoms in total. The van der Waals surface area contributed by atoms with Crippen molar-refractivity contribution in [2.24, 2.45) is 4.99 Å². The second-order valence-corrected chi connectivity index (χ2v) is 3.84. The lowest BCUT2D eigenvalue weighted by molar-refractivity contribution is -0.757. The predicted molar refractivity (Wildman–Crippen MR) is 70.7 cm³/mol. The van der Waals surface area contributed by atoms with Gasteiger partial charge in [0.2, 0.25) is 0 Å². The number of hydrogen-bond donors (Lipinski definition) is 1. The van der Waals surface area contributed by atoms with Gasteiger partial charge in [0, 0.05) is 30.1 Å². The molecule has 98 valence electrons. The molecule has 0 heterocycles. The number of thiol groups is 1. The van der Waals surface area contributed by atoms with Crippen molar-refractivity contribution >= 4 is 19.0 Å². The molecular formula is C10H19N3O3S. The second-order valence-electron chi connectivity index (χ2n) is 3.30. The molecule has 0 aliphatic heterocycles. The van der Waals surface area contributed by atoms with Crippen LogP contribution in [0, 0.1) is 10.1 Å². The van der Waals surface area contributed by atoms with E-state index in [1.165, 1.54) is 0 Å². The molecule has 0 aliphatic rings. The van der Waals surface area contributed by atoms with E-state index in [4.69, 9.17) is 0 Å². The quantitative estimate of drug-likeness (QED) is 0.239. The summed E-state index contributed by atoms with van der Waals surface area (Å²) in [5.41, 5.74) is 0.743. The first kappa shape index (κ1) is 15.8. The Morgan fingerprint density at radius 2 is 2.12 bits per heavy atom. The van der Waals surface area contributed by atoms with Gasteiger partial charge in [-0.15, -0.1) is 22.7 Å². The van der Waals surface area contributed by atoms with E-state index in [1.54, 1.807) is 6.34 Å². The van der Waals surface area contributed by atoms with Crippen molar-refractivity contribution in [3.63, 3.8) is 0 Å². The van der Waals surface area contributed by atoms with E-state index in [0.717, 1.165) is 18.8 Å². The lowest BCUT2D eigenvalue weighted by Gasteiger charge is -2.13. The van der Waals surface area contributed by atoms with E-state index in [9.17, 15) is 10.1 Å². The van der Waals surface area contributed by atoms with Crippen molar-refractivity contribution in [1.82, 2.24) is 4.90 Å². The first-order valence-electron chi connectivity index (χ1n) is 5.45. The van der Waals surface area contributed by atoms with E-state index in [2.05, 4.69) is 22.5 Å². The van der Waals surface area contributed by atoms with Crippen molar-refractivity contribution in [2.45, 2.75) is 27.2 Å². The lowest BCUT2D eigenvalue weighted by Crippen LogP contribution is -2.20. The molecule has 0 radical (unpaired) electrons. The minimum absolute atomic E-state index is 0.00393. The summed E-state index contributed by atoms with van der Waals surface area (Å²) in [5, 5.41) is 9.14. The zero-order chi connectivity index (χ0) is 13.3. The Kier molecular flexibility index (Phi) is 8.21. The van der Waals surface area contributed by atoms with Gasteiger partial charge in [0.1, 0.15) is 6.61 Å². The zero-order valence-corrected chi connectivity index (χ0v) is 11.3. The van der Waals surface area contributed by atoms with E-state index in [1.807, 2.05) is 25.7 Å². The van der Waals surface area contributed by atoms with E-state index >= 15 is 0 Å². The third kappa shape index (κ3) is 7.62. The maximum atomic E-state index is 9.95. The number of hydrogen-bond acceptors (Lipinski definition) is 5. The molecule has 0 bridgehead atoms. The largest absolute Gasteiger partial charge is 0.363 e. The highest BCUT2D eigenvalue weighted by molar-refractivity contribution is 7.84. The summed E-state index contributed by atoms with van der Waals surface area (Å²) in [5.74, 6) is 0. The molecule has 0 atom stereocenters. The van der Waals surface area contributed by atoms with Gasteiger partial charge in [-0.2, -0.15) is 0 Å². The highest BCUT2D eigenvalue weighted by Gasteiger charge is 2.00. The Balaban J connectivity index is 4.23. The molecule has 0 aliphatic carbocycles. The average Bonchev–Trinajstić information content (AvgIpc) is 2.29. The molecule has 0 saturated heterocycles. The van der Waals surface area contributed by atoms with Crippen LogP contribution in [-0.2, 0) is 4.84 Å². The first-order valence-corrected chi connectivity index (χ1v) is 5.90. The van der Waals surface area contributed by atoms with Crippen molar-refractivity contribution in [2.75, 3.05) is 19.7 Å². The van der Waals surface area contributed by atoms with Crippen molar-refractivity contribution in [3.05, 3.63) is 20.7 Å². The first-order chi connectivity index (χ1) is 8.01. The van der Waals surface area contributed by atoms with Crippen LogP contribution in [0.3, 0.4) is 0 Å². The van der Waals surface area contributed by atoms with E-state index in [0.29, 0.717) is 11.3 Å². The topological polar surface area (TPSA) is 68.0 Å². The second kappa shape index (κ2) is 8.86. The minimum atomic E-state index is -0.810. The molecule has 0 rings (SSSR count). The highest BCUT2D eigenvalue weighted by Crippen LogP contribution is 2.13. The molecule has 0 spiro atoms. The standard InChI is InChI=1S/C10H19N3O3S/c1-4-12(5-2)8-11-9(3)10(17)6-7-16-13(14)15/h8,17H,4-7H2,1-3H3/b10-9-,11-8?. The zero-order valence-electron chi connectivity index (χ0n) is 10.4. The fourth-order valence-corrected chi connectivity index (χ4v) is 1.18. The van der Waals surface area contributed by atoms with Crippen LogP contribution >= 0.6 is 12.6 Å². The molecule has 0 amide bonds.